The quantitative estimate of drug-likeness (QED) is 0.283. The van der Waals surface area contributed by atoms with E-state index in [1.54, 1.807) is 36.4 Å². The fourth-order valence-electron chi connectivity index (χ4n) is 2.71. The lowest BCUT2D eigenvalue weighted by atomic mass is 10.1. The third kappa shape index (κ3) is 5.18. The Hall–Kier alpha value is -4.33. The second-order valence-electron chi connectivity index (χ2n) is 6.85. The summed E-state index contributed by atoms with van der Waals surface area (Å²) >= 11 is 0. The largest absolute Gasteiger partial charge is 0.386 e. The number of nitro benzene ring substituents is 1. The van der Waals surface area contributed by atoms with Crippen LogP contribution in [0.25, 0.3) is 0 Å². The highest BCUT2D eigenvalue weighted by molar-refractivity contribution is 6.10. The van der Waals surface area contributed by atoms with Crippen LogP contribution in [0, 0.1) is 24.0 Å². The van der Waals surface area contributed by atoms with Crippen molar-refractivity contribution >= 4 is 29.2 Å². The number of anilines is 1. The molecular weight excluding hydrogens is 400 g/mol. The summed E-state index contributed by atoms with van der Waals surface area (Å²) in [5, 5.41) is 13.7. The maximum absolute atomic E-state index is 12.6. The van der Waals surface area contributed by atoms with Crippen LogP contribution in [0.1, 0.15) is 42.2 Å². The third-order valence-electron chi connectivity index (χ3n) is 4.47. The molecule has 0 aromatic heterocycles. The minimum absolute atomic E-state index is 0.0159. The third-order valence-corrected chi connectivity index (χ3v) is 4.47. The Morgan fingerprint density at radius 3 is 1.90 bits per heavy atom. The number of nitrogens with one attached hydrogen (secondary N) is 1. The molecule has 8 heteroatoms. The zero-order valence-electron chi connectivity index (χ0n) is 16.7. The van der Waals surface area contributed by atoms with Crippen molar-refractivity contribution in [3.63, 3.8) is 0 Å². The van der Waals surface area contributed by atoms with Crippen molar-refractivity contribution in [2.24, 2.45) is 0 Å². The van der Waals surface area contributed by atoms with Crippen LogP contribution in [0.5, 0.6) is 0 Å². The lowest BCUT2D eigenvalue weighted by Crippen LogP contribution is -2.18. The highest BCUT2D eigenvalue weighted by Crippen LogP contribution is 2.24. The summed E-state index contributed by atoms with van der Waals surface area (Å²) in [4.78, 5) is 47.9. The summed E-state index contributed by atoms with van der Waals surface area (Å²) < 4.78 is 4.89. The first-order valence-electron chi connectivity index (χ1n) is 9.24. The van der Waals surface area contributed by atoms with Gasteiger partial charge in [-0.15, -0.1) is 0 Å². The first-order valence-corrected chi connectivity index (χ1v) is 9.24. The van der Waals surface area contributed by atoms with E-state index in [4.69, 9.17) is 4.74 Å². The van der Waals surface area contributed by atoms with Gasteiger partial charge >= 0.3 is 11.9 Å². The van der Waals surface area contributed by atoms with Crippen molar-refractivity contribution in [1.82, 2.24) is 0 Å². The molecule has 0 radical (unpaired) electrons. The standard InChI is InChI=1S/C23H18N2O6/c1-14-3-7-16(8-4-14)21(26)24-20-12-11-18(25(29)30)13-19(20)23(28)31-22(27)17-9-5-15(2)6-10-17/h3-13H,1-2H3,(H,24,26). The molecule has 3 aromatic rings. The van der Waals surface area contributed by atoms with Gasteiger partial charge in [-0.3, -0.25) is 14.9 Å². The number of carbonyl (C=O) groups excluding carboxylic acids is 3. The Morgan fingerprint density at radius 2 is 1.35 bits per heavy atom. The molecule has 0 unspecified atom stereocenters. The van der Waals surface area contributed by atoms with Crippen molar-refractivity contribution < 1.29 is 24.0 Å². The van der Waals surface area contributed by atoms with Crippen LogP contribution in [0.15, 0.2) is 66.7 Å². The molecule has 0 bridgehead atoms. The highest BCUT2D eigenvalue weighted by Gasteiger charge is 2.22. The summed E-state index contributed by atoms with van der Waals surface area (Å²) in [5.41, 5.74) is 1.65. The molecule has 31 heavy (non-hydrogen) atoms. The number of benzene rings is 3. The number of ether oxygens (including phenoxy) is 1. The van der Waals surface area contributed by atoms with Crippen molar-refractivity contribution in [2.75, 3.05) is 5.32 Å². The van der Waals surface area contributed by atoms with Crippen LogP contribution in [0.4, 0.5) is 11.4 Å². The maximum Gasteiger partial charge on any atom is 0.348 e. The predicted molar refractivity (Wildman–Crippen MR) is 113 cm³/mol. The normalized spacial score (nSPS) is 10.3. The molecule has 0 spiro atoms. The molecule has 1 amide bonds. The Balaban J connectivity index is 1.88. The summed E-state index contributed by atoms with van der Waals surface area (Å²) in [7, 11) is 0. The predicted octanol–water partition coefficient (Wildman–Crippen LogP) is 4.46. The van der Waals surface area contributed by atoms with Crippen LogP contribution in [-0.4, -0.2) is 22.8 Å². The number of carbonyl (C=O) groups is 3. The molecule has 0 saturated carbocycles. The van der Waals surface area contributed by atoms with E-state index in [2.05, 4.69) is 5.32 Å². The van der Waals surface area contributed by atoms with Crippen molar-refractivity contribution in [3.8, 4) is 0 Å². The van der Waals surface area contributed by atoms with Gasteiger partial charge in [-0.25, -0.2) is 9.59 Å². The summed E-state index contributed by atoms with van der Waals surface area (Å²) in [6.45, 7) is 3.71. The van der Waals surface area contributed by atoms with Gasteiger partial charge < -0.3 is 10.1 Å². The fourth-order valence-corrected chi connectivity index (χ4v) is 2.71. The molecule has 0 aliphatic rings. The summed E-state index contributed by atoms with van der Waals surface area (Å²) in [6.07, 6.45) is 0. The van der Waals surface area contributed by atoms with E-state index in [9.17, 15) is 24.5 Å². The van der Waals surface area contributed by atoms with Gasteiger partial charge in [0.2, 0.25) is 0 Å². The van der Waals surface area contributed by atoms with Crippen molar-refractivity contribution in [2.45, 2.75) is 13.8 Å². The zero-order chi connectivity index (χ0) is 22.5. The lowest BCUT2D eigenvalue weighted by Gasteiger charge is -2.11. The van der Waals surface area contributed by atoms with Gasteiger partial charge in [0.05, 0.1) is 21.7 Å². The van der Waals surface area contributed by atoms with Crippen LogP contribution in [-0.2, 0) is 4.74 Å². The number of non-ortho nitro benzene ring substituents is 1. The monoisotopic (exact) mass is 418 g/mol. The second kappa shape index (κ2) is 9.00. The van der Waals surface area contributed by atoms with Gasteiger partial charge in [0.15, 0.2) is 0 Å². The van der Waals surface area contributed by atoms with Crippen LogP contribution < -0.4 is 5.32 Å². The summed E-state index contributed by atoms with van der Waals surface area (Å²) in [6, 6.07) is 16.4. The number of amides is 1. The molecule has 0 atom stereocenters. The Labute approximate surface area is 177 Å². The molecule has 0 saturated heterocycles. The first-order chi connectivity index (χ1) is 14.7. The number of nitrogens with zero attached hydrogens (tertiary/aromatic N) is 1. The number of aryl methyl sites for hydroxylation is 2. The van der Waals surface area contributed by atoms with Gasteiger partial charge in [0.1, 0.15) is 0 Å². The molecule has 8 nitrogen and oxygen atoms in total. The SMILES string of the molecule is Cc1ccc(C(=O)Nc2ccc([N+](=O)[O-])cc2C(=O)OC(=O)c2ccc(C)cc2)cc1. The molecule has 1 N–H and O–H groups in total. The van der Waals surface area contributed by atoms with E-state index in [-0.39, 0.29) is 22.5 Å². The van der Waals surface area contributed by atoms with E-state index in [1.165, 1.54) is 18.2 Å². The minimum atomic E-state index is -1.12. The number of hydrogen-bond donors (Lipinski definition) is 1. The van der Waals surface area contributed by atoms with Crippen LogP contribution >= 0.6 is 0 Å². The molecule has 3 rings (SSSR count). The molecule has 0 aliphatic carbocycles. The Kier molecular flexibility index (Phi) is 6.21. The van der Waals surface area contributed by atoms with Crippen molar-refractivity contribution in [3.05, 3.63) is 105 Å². The second-order valence-corrected chi connectivity index (χ2v) is 6.85. The fraction of sp³-hybridized carbons (Fsp3) is 0.0870. The lowest BCUT2D eigenvalue weighted by molar-refractivity contribution is -0.384. The van der Waals surface area contributed by atoms with Gasteiger partial charge in [0, 0.05) is 17.7 Å². The van der Waals surface area contributed by atoms with E-state index in [0.29, 0.717) is 5.56 Å². The zero-order valence-corrected chi connectivity index (χ0v) is 16.7. The van der Waals surface area contributed by atoms with Gasteiger partial charge in [-0.2, -0.15) is 0 Å². The average Bonchev–Trinajstić information content (AvgIpc) is 2.74. The molecule has 0 heterocycles. The summed E-state index contributed by atoms with van der Waals surface area (Å²) in [5.74, 6) is -2.55. The van der Waals surface area contributed by atoms with E-state index in [0.717, 1.165) is 23.3 Å². The van der Waals surface area contributed by atoms with Crippen molar-refractivity contribution in [1.29, 1.82) is 0 Å². The van der Waals surface area contributed by atoms with Crippen LogP contribution in [0.2, 0.25) is 0 Å². The number of nitro groups is 1. The van der Waals surface area contributed by atoms with E-state index in [1.807, 2.05) is 13.8 Å². The Bertz CT molecular complexity index is 1170. The Morgan fingerprint density at radius 1 is 0.806 bits per heavy atom. The van der Waals surface area contributed by atoms with Crippen LogP contribution in [0.3, 0.4) is 0 Å². The van der Waals surface area contributed by atoms with E-state index >= 15 is 0 Å². The number of hydrogen-bond acceptors (Lipinski definition) is 6. The average molecular weight is 418 g/mol. The smallest absolute Gasteiger partial charge is 0.348 e. The maximum atomic E-state index is 12.6. The van der Waals surface area contributed by atoms with Gasteiger partial charge in [0.25, 0.3) is 11.6 Å². The van der Waals surface area contributed by atoms with Gasteiger partial charge in [-0.1, -0.05) is 35.4 Å². The minimum Gasteiger partial charge on any atom is -0.386 e. The molecule has 0 fully saturated rings. The molecular formula is C23H18N2O6. The molecule has 0 aliphatic heterocycles. The van der Waals surface area contributed by atoms with E-state index < -0.39 is 22.8 Å². The molecule has 3 aromatic carbocycles. The molecule has 156 valence electrons. The number of rotatable bonds is 5. The first kappa shape index (κ1) is 21.4. The topological polar surface area (TPSA) is 116 Å². The highest BCUT2D eigenvalue weighted by atomic mass is 16.6. The number of esters is 2. The van der Waals surface area contributed by atoms with Gasteiger partial charge in [-0.05, 0) is 44.2 Å².